The quantitative estimate of drug-likeness (QED) is 0.361. The summed E-state index contributed by atoms with van der Waals surface area (Å²) in [7, 11) is 4.36. The average Bonchev–Trinajstić information content (AvgIpc) is 3.45. The number of phenols is 1. The van der Waals surface area contributed by atoms with Crippen molar-refractivity contribution >= 4 is 17.4 Å². The number of likely N-dealkylation sites (tertiary alicyclic amines) is 1. The molecule has 2 aliphatic heterocycles. The van der Waals surface area contributed by atoms with E-state index in [9.17, 15) is 19.8 Å². The van der Waals surface area contributed by atoms with Crippen molar-refractivity contribution in [2.24, 2.45) is 0 Å². The highest BCUT2D eigenvalue weighted by Gasteiger charge is 2.47. The van der Waals surface area contributed by atoms with E-state index in [0.717, 1.165) is 12.8 Å². The smallest absolute Gasteiger partial charge is 0.295 e. The Kier molecular flexibility index (Phi) is 6.65. The van der Waals surface area contributed by atoms with Crippen molar-refractivity contribution in [3.63, 3.8) is 0 Å². The summed E-state index contributed by atoms with van der Waals surface area (Å²) in [6.45, 7) is 0.768. The predicted octanol–water partition coefficient (Wildman–Crippen LogP) is 3.02. The number of hydrogen-bond donors (Lipinski definition) is 2. The number of carbonyl (C=O) groups is 2. The Balaban J connectivity index is 1.87. The number of benzene rings is 2. The van der Waals surface area contributed by atoms with Gasteiger partial charge in [0.2, 0.25) is 0 Å². The number of rotatable bonds is 7. The van der Waals surface area contributed by atoms with Gasteiger partial charge in [-0.2, -0.15) is 0 Å². The first-order valence-electron chi connectivity index (χ1n) is 10.9. The molecule has 2 aromatic rings. The molecule has 2 fully saturated rings. The lowest BCUT2D eigenvalue weighted by molar-refractivity contribution is -0.140. The van der Waals surface area contributed by atoms with Crippen molar-refractivity contribution in [1.82, 2.24) is 4.90 Å². The van der Waals surface area contributed by atoms with Crippen LogP contribution in [-0.4, -0.2) is 67.4 Å². The Hall–Kier alpha value is -3.72. The van der Waals surface area contributed by atoms with Crippen LogP contribution in [0, 0.1) is 0 Å². The highest BCUT2D eigenvalue weighted by atomic mass is 16.5. The fourth-order valence-corrected chi connectivity index (χ4v) is 4.44. The molecular formula is C25H27NO8. The Morgan fingerprint density at radius 1 is 1.06 bits per heavy atom. The van der Waals surface area contributed by atoms with E-state index in [4.69, 9.17) is 18.9 Å². The first kappa shape index (κ1) is 23.4. The molecule has 0 radical (unpaired) electrons. The number of amides is 1. The number of Topliss-reactive ketones (excluding diaryl/α,β-unsaturated/α-hetero) is 1. The Labute approximate surface area is 197 Å². The maximum absolute atomic E-state index is 13.2. The van der Waals surface area contributed by atoms with E-state index in [1.54, 1.807) is 30.3 Å². The zero-order valence-corrected chi connectivity index (χ0v) is 19.2. The highest BCUT2D eigenvalue weighted by molar-refractivity contribution is 6.46. The zero-order valence-electron chi connectivity index (χ0n) is 19.2. The summed E-state index contributed by atoms with van der Waals surface area (Å²) in [6, 6.07) is 8.44. The van der Waals surface area contributed by atoms with Crippen LogP contribution in [0.15, 0.2) is 42.0 Å². The van der Waals surface area contributed by atoms with Crippen molar-refractivity contribution in [2.45, 2.75) is 25.0 Å². The second kappa shape index (κ2) is 9.64. The number of ketones is 1. The minimum atomic E-state index is -0.937. The number of ether oxygens (including phenoxy) is 4. The van der Waals surface area contributed by atoms with Crippen molar-refractivity contribution < 1.29 is 38.7 Å². The fourth-order valence-electron chi connectivity index (χ4n) is 4.44. The van der Waals surface area contributed by atoms with Gasteiger partial charge in [-0.05, 0) is 42.7 Å². The zero-order chi connectivity index (χ0) is 24.4. The average molecular weight is 469 g/mol. The van der Waals surface area contributed by atoms with Crippen molar-refractivity contribution in [2.75, 3.05) is 34.5 Å². The molecule has 9 heteroatoms. The van der Waals surface area contributed by atoms with Gasteiger partial charge in [-0.25, -0.2) is 0 Å². The first-order chi connectivity index (χ1) is 16.4. The molecule has 2 aliphatic rings. The topological polar surface area (TPSA) is 115 Å². The molecule has 0 spiro atoms. The molecule has 9 nitrogen and oxygen atoms in total. The Morgan fingerprint density at radius 2 is 1.82 bits per heavy atom. The number of aliphatic hydroxyl groups excluding tert-OH is 1. The van der Waals surface area contributed by atoms with Gasteiger partial charge < -0.3 is 34.1 Å². The van der Waals surface area contributed by atoms with Gasteiger partial charge >= 0.3 is 0 Å². The molecule has 2 aromatic carbocycles. The molecule has 180 valence electrons. The van der Waals surface area contributed by atoms with Crippen molar-refractivity contribution in [1.29, 1.82) is 0 Å². The van der Waals surface area contributed by atoms with Crippen molar-refractivity contribution in [3.8, 4) is 23.0 Å². The largest absolute Gasteiger partial charge is 0.507 e. The molecule has 0 bridgehead atoms. The summed E-state index contributed by atoms with van der Waals surface area (Å²) in [6.07, 6.45) is 1.41. The van der Waals surface area contributed by atoms with Crippen LogP contribution in [-0.2, 0) is 14.3 Å². The highest BCUT2D eigenvalue weighted by Crippen LogP contribution is 2.43. The van der Waals surface area contributed by atoms with Crippen LogP contribution >= 0.6 is 0 Å². The maximum Gasteiger partial charge on any atom is 0.295 e. The summed E-state index contributed by atoms with van der Waals surface area (Å²) < 4.78 is 21.4. The van der Waals surface area contributed by atoms with Crippen LogP contribution in [0.4, 0.5) is 0 Å². The Bertz CT molecular complexity index is 1140. The molecule has 0 aliphatic carbocycles. The third-order valence-electron chi connectivity index (χ3n) is 6.15. The molecular weight excluding hydrogens is 442 g/mol. The van der Waals surface area contributed by atoms with Gasteiger partial charge in [-0.1, -0.05) is 6.07 Å². The van der Waals surface area contributed by atoms with Gasteiger partial charge in [0, 0.05) is 19.2 Å². The molecule has 2 heterocycles. The predicted molar refractivity (Wildman–Crippen MR) is 122 cm³/mol. The van der Waals surface area contributed by atoms with Gasteiger partial charge in [-0.3, -0.25) is 9.59 Å². The normalized spacial score (nSPS) is 21.7. The van der Waals surface area contributed by atoms with E-state index in [0.29, 0.717) is 17.9 Å². The summed E-state index contributed by atoms with van der Waals surface area (Å²) in [5.41, 5.74) is 0.585. The number of methoxy groups -OCH3 is 3. The second-order valence-corrected chi connectivity index (χ2v) is 8.08. The molecule has 2 N–H and O–H groups in total. The van der Waals surface area contributed by atoms with Crippen LogP contribution in [0.2, 0.25) is 0 Å². The van der Waals surface area contributed by atoms with E-state index < -0.39 is 17.7 Å². The molecule has 34 heavy (non-hydrogen) atoms. The minimum Gasteiger partial charge on any atom is -0.507 e. The van der Waals surface area contributed by atoms with Crippen LogP contribution in [0.1, 0.15) is 30.0 Å². The molecule has 0 saturated carbocycles. The van der Waals surface area contributed by atoms with Crippen molar-refractivity contribution in [3.05, 3.63) is 53.1 Å². The molecule has 2 unspecified atom stereocenters. The fraction of sp³-hybridized carbons (Fsp3) is 0.360. The standard InChI is InChI=1S/C25H27NO8/c1-31-15-7-8-17(20(12-15)33-3)23(28)21-22(14-6-9-19(32-2)18(27)11-14)26(25(30)24(21)29)13-16-5-4-10-34-16/h6-9,11-12,16,22,27-28H,4-5,10,13H2,1-3H3/b23-21-. The molecule has 2 saturated heterocycles. The van der Waals surface area contributed by atoms with Gasteiger partial charge in [0.1, 0.15) is 17.3 Å². The summed E-state index contributed by atoms with van der Waals surface area (Å²) in [5, 5.41) is 21.7. The van der Waals surface area contributed by atoms with Gasteiger partial charge in [0.25, 0.3) is 11.7 Å². The molecule has 1 amide bonds. The van der Waals surface area contributed by atoms with E-state index >= 15 is 0 Å². The number of nitrogens with zero attached hydrogens (tertiary/aromatic N) is 1. The number of aliphatic hydroxyl groups is 1. The SMILES string of the molecule is COc1ccc(/C(O)=C2/C(=O)C(=O)N(CC3CCCO3)C2c2ccc(OC)c(O)c2)c(OC)c1. The van der Waals surface area contributed by atoms with Gasteiger partial charge in [0.15, 0.2) is 11.5 Å². The first-order valence-corrected chi connectivity index (χ1v) is 10.9. The van der Waals surface area contributed by atoms with Crippen LogP contribution in [0.5, 0.6) is 23.0 Å². The number of aromatic hydroxyl groups is 1. The summed E-state index contributed by atoms with van der Waals surface area (Å²) in [5.74, 6) is -1.07. The van der Waals surface area contributed by atoms with Gasteiger partial charge in [-0.15, -0.1) is 0 Å². The number of carbonyl (C=O) groups excluding carboxylic acids is 2. The molecule has 0 aromatic heterocycles. The Morgan fingerprint density at radius 3 is 2.44 bits per heavy atom. The van der Waals surface area contributed by atoms with E-state index in [1.165, 1.54) is 32.3 Å². The number of hydrogen-bond acceptors (Lipinski definition) is 8. The second-order valence-electron chi connectivity index (χ2n) is 8.08. The monoisotopic (exact) mass is 469 g/mol. The van der Waals surface area contributed by atoms with E-state index in [-0.39, 0.29) is 46.8 Å². The van der Waals surface area contributed by atoms with Gasteiger partial charge in [0.05, 0.1) is 44.6 Å². The minimum absolute atomic E-state index is 0.101. The van der Waals surface area contributed by atoms with Crippen LogP contribution < -0.4 is 14.2 Å². The van der Waals surface area contributed by atoms with E-state index in [2.05, 4.69) is 0 Å². The molecule has 2 atom stereocenters. The number of phenolic OH excluding ortho intramolecular Hbond substituents is 1. The van der Waals surface area contributed by atoms with Crippen LogP contribution in [0.25, 0.3) is 5.76 Å². The lowest BCUT2D eigenvalue weighted by atomic mass is 9.94. The lowest BCUT2D eigenvalue weighted by Gasteiger charge is -2.27. The third kappa shape index (κ3) is 4.14. The lowest BCUT2D eigenvalue weighted by Crippen LogP contribution is -2.36. The summed E-state index contributed by atoms with van der Waals surface area (Å²) in [4.78, 5) is 27.7. The maximum atomic E-state index is 13.2. The summed E-state index contributed by atoms with van der Waals surface area (Å²) >= 11 is 0. The molecule has 4 rings (SSSR count). The van der Waals surface area contributed by atoms with Crippen LogP contribution in [0.3, 0.4) is 0 Å². The third-order valence-corrected chi connectivity index (χ3v) is 6.15. The van der Waals surface area contributed by atoms with E-state index in [1.807, 2.05) is 0 Å².